The first-order chi connectivity index (χ1) is 8.86. The number of nitrogens with one attached hydrogen (secondary N) is 1. The van der Waals surface area contributed by atoms with Gasteiger partial charge in [-0.05, 0) is 23.8 Å². The Hall–Kier alpha value is -2.62. The highest BCUT2D eigenvalue weighted by Gasteiger charge is 2.05. The molecule has 90 valence electrons. The highest BCUT2D eigenvalue weighted by atomic mass is 16.3. The number of hydrazone groups is 1. The third-order valence-electron chi connectivity index (χ3n) is 2.16. The van der Waals surface area contributed by atoms with Gasteiger partial charge in [0, 0.05) is 6.21 Å². The van der Waals surface area contributed by atoms with E-state index >= 15 is 0 Å². The molecule has 0 radical (unpaired) electrons. The number of hydrogen-bond acceptors (Lipinski definition) is 3. The van der Waals surface area contributed by atoms with Crippen molar-refractivity contribution in [3.05, 3.63) is 66.1 Å². The van der Waals surface area contributed by atoms with E-state index in [0.717, 1.165) is 5.56 Å². The first-order valence-corrected chi connectivity index (χ1v) is 5.45. The molecule has 1 amide bonds. The molecule has 0 saturated carbocycles. The van der Waals surface area contributed by atoms with Crippen molar-refractivity contribution >= 4 is 18.2 Å². The monoisotopic (exact) mass is 240 g/mol. The van der Waals surface area contributed by atoms with Gasteiger partial charge in [-0.3, -0.25) is 4.79 Å². The van der Waals surface area contributed by atoms with Gasteiger partial charge in [0.05, 0.1) is 6.26 Å². The molecule has 2 rings (SSSR count). The normalized spacial score (nSPS) is 11.1. The molecule has 2 aromatic rings. The SMILES string of the molecule is O=C(N/N=C/C=C/c1ccccc1)c1ccco1. The van der Waals surface area contributed by atoms with E-state index in [9.17, 15) is 4.79 Å². The topological polar surface area (TPSA) is 54.6 Å². The van der Waals surface area contributed by atoms with Crippen LogP contribution in [0.3, 0.4) is 0 Å². The lowest BCUT2D eigenvalue weighted by atomic mass is 10.2. The van der Waals surface area contributed by atoms with Crippen LogP contribution in [0.1, 0.15) is 16.1 Å². The molecule has 1 N–H and O–H groups in total. The Kier molecular flexibility index (Phi) is 4.08. The van der Waals surface area contributed by atoms with Crippen LogP contribution >= 0.6 is 0 Å². The van der Waals surface area contributed by atoms with E-state index in [1.54, 1.807) is 18.2 Å². The molecule has 0 aliphatic heterocycles. The van der Waals surface area contributed by atoms with Crippen LogP contribution in [0.25, 0.3) is 6.08 Å². The summed E-state index contributed by atoms with van der Waals surface area (Å²) in [5.74, 6) is -0.136. The Balaban J connectivity index is 1.82. The van der Waals surface area contributed by atoms with E-state index in [-0.39, 0.29) is 11.7 Å². The van der Waals surface area contributed by atoms with Crippen LogP contribution < -0.4 is 5.43 Å². The molecule has 0 unspecified atom stereocenters. The number of rotatable bonds is 4. The van der Waals surface area contributed by atoms with Gasteiger partial charge in [0.2, 0.25) is 0 Å². The molecule has 18 heavy (non-hydrogen) atoms. The molecule has 0 aliphatic rings. The predicted molar refractivity (Wildman–Crippen MR) is 70.1 cm³/mol. The van der Waals surface area contributed by atoms with Crippen LogP contribution in [-0.4, -0.2) is 12.1 Å². The van der Waals surface area contributed by atoms with Gasteiger partial charge < -0.3 is 4.42 Å². The van der Waals surface area contributed by atoms with Gasteiger partial charge in [-0.25, -0.2) is 5.43 Å². The fourth-order valence-corrected chi connectivity index (χ4v) is 1.32. The molecule has 0 saturated heterocycles. The summed E-state index contributed by atoms with van der Waals surface area (Å²) in [4.78, 5) is 11.4. The molecule has 0 spiro atoms. The second kappa shape index (κ2) is 6.20. The number of benzene rings is 1. The zero-order valence-corrected chi connectivity index (χ0v) is 9.61. The summed E-state index contributed by atoms with van der Waals surface area (Å²) in [7, 11) is 0. The van der Waals surface area contributed by atoms with Gasteiger partial charge in [0.15, 0.2) is 5.76 Å². The summed E-state index contributed by atoms with van der Waals surface area (Å²) < 4.78 is 4.92. The average molecular weight is 240 g/mol. The van der Waals surface area contributed by atoms with Crippen molar-refractivity contribution in [1.82, 2.24) is 5.43 Å². The minimum atomic E-state index is -0.371. The maximum atomic E-state index is 11.4. The van der Waals surface area contributed by atoms with E-state index in [2.05, 4.69) is 10.5 Å². The second-order valence-electron chi connectivity index (χ2n) is 3.47. The molecule has 1 aromatic heterocycles. The number of hydrogen-bond donors (Lipinski definition) is 1. The molecule has 1 aromatic carbocycles. The maximum Gasteiger partial charge on any atom is 0.307 e. The smallest absolute Gasteiger partial charge is 0.307 e. The summed E-state index contributed by atoms with van der Waals surface area (Å²) in [6.45, 7) is 0. The zero-order chi connectivity index (χ0) is 12.6. The molecule has 0 atom stereocenters. The quantitative estimate of drug-likeness (QED) is 0.659. The average Bonchev–Trinajstić information content (AvgIpc) is 2.93. The fraction of sp³-hybridized carbons (Fsp3) is 0. The Morgan fingerprint density at radius 1 is 1.17 bits per heavy atom. The van der Waals surface area contributed by atoms with Gasteiger partial charge in [0.1, 0.15) is 0 Å². The molecule has 0 bridgehead atoms. The first kappa shape index (κ1) is 11.9. The largest absolute Gasteiger partial charge is 0.459 e. The van der Waals surface area contributed by atoms with Crippen molar-refractivity contribution in [2.45, 2.75) is 0 Å². The third-order valence-corrected chi connectivity index (χ3v) is 2.16. The Bertz CT molecular complexity index is 542. The van der Waals surface area contributed by atoms with Crippen molar-refractivity contribution in [3.63, 3.8) is 0 Å². The maximum absolute atomic E-state index is 11.4. The van der Waals surface area contributed by atoms with Crippen LogP contribution in [0.4, 0.5) is 0 Å². The number of furan rings is 1. The van der Waals surface area contributed by atoms with Gasteiger partial charge in [0.25, 0.3) is 0 Å². The molecule has 4 heteroatoms. The van der Waals surface area contributed by atoms with E-state index < -0.39 is 0 Å². The molecular weight excluding hydrogens is 228 g/mol. The van der Waals surface area contributed by atoms with E-state index in [4.69, 9.17) is 4.42 Å². The van der Waals surface area contributed by atoms with Crippen molar-refractivity contribution in [1.29, 1.82) is 0 Å². The van der Waals surface area contributed by atoms with Gasteiger partial charge in [-0.1, -0.05) is 36.4 Å². The first-order valence-electron chi connectivity index (χ1n) is 5.45. The van der Waals surface area contributed by atoms with Crippen molar-refractivity contribution < 1.29 is 9.21 Å². The van der Waals surface area contributed by atoms with Crippen LogP contribution in [0.2, 0.25) is 0 Å². The summed E-state index contributed by atoms with van der Waals surface area (Å²) in [6.07, 6.45) is 6.59. The molecule has 0 fully saturated rings. The lowest BCUT2D eigenvalue weighted by Crippen LogP contribution is -2.16. The second-order valence-corrected chi connectivity index (χ2v) is 3.47. The van der Waals surface area contributed by atoms with Crippen LogP contribution in [-0.2, 0) is 0 Å². The minimum Gasteiger partial charge on any atom is -0.459 e. The van der Waals surface area contributed by atoms with Gasteiger partial charge in [-0.2, -0.15) is 5.10 Å². The number of nitrogens with zero attached hydrogens (tertiary/aromatic N) is 1. The standard InChI is InChI=1S/C14H12N2O2/c17-14(13-9-5-11-18-13)16-15-10-4-8-12-6-2-1-3-7-12/h1-11H,(H,16,17)/b8-4+,15-10+. The molecule has 4 nitrogen and oxygen atoms in total. The Morgan fingerprint density at radius 3 is 2.72 bits per heavy atom. The number of carbonyl (C=O) groups is 1. The van der Waals surface area contributed by atoms with Gasteiger partial charge >= 0.3 is 5.91 Å². The summed E-state index contributed by atoms with van der Waals surface area (Å²) in [5.41, 5.74) is 3.43. The van der Waals surface area contributed by atoms with Crippen molar-refractivity contribution in [2.75, 3.05) is 0 Å². The van der Waals surface area contributed by atoms with Gasteiger partial charge in [-0.15, -0.1) is 0 Å². The van der Waals surface area contributed by atoms with Crippen molar-refractivity contribution in [2.24, 2.45) is 5.10 Å². The summed E-state index contributed by atoms with van der Waals surface area (Å²) >= 11 is 0. The number of carbonyl (C=O) groups excluding carboxylic acids is 1. The van der Waals surface area contributed by atoms with E-state index in [1.165, 1.54) is 12.5 Å². The van der Waals surface area contributed by atoms with Crippen LogP contribution in [0.5, 0.6) is 0 Å². The van der Waals surface area contributed by atoms with Crippen LogP contribution in [0.15, 0.2) is 64.3 Å². The highest BCUT2D eigenvalue weighted by molar-refractivity contribution is 5.92. The summed E-state index contributed by atoms with van der Waals surface area (Å²) in [5, 5.41) is 3.77. The highest BCUT2D eigenvalue weighted by Crippen LogP contribution is 2.00. The van der Waals surface area contributed by atoms with E-state index in [1.807, 2.05) is 36.4 Å². The third kappa shape index (κ3) is 3.45. The predicted octanol–water partition coefficient (Wildman–Crippen LogP) is 2.71. The zero-order valence-electron chi connectivity index (χ0n) is 9.61. The molecular formula is C14H12N2O2. The van der Waals surface area contributed by atoms with Crippen LogP contribution in [0, 0.1) is 0 Å². The lowest BCUT2D eigenvalue weighted by Gasteiger charge is -1.93. The lowest BCUT2D eigenvalue weighted by molar-refractivity contribution is 0.0927. The molecule has 1 heterocycles. The Labute approximate surface area is 105 Å². The summed E-state index contributed by atoms with van der Waals surface area (Å²) in [6, 6.07) is 13.0. The molecule has 0 aliphatic carbocycles. The fourth-order valence-electron chi connectivity index (χ4n) is 1.32. The number of amides is 1. The Morgan fingerprint density at radius 2 is 2.00 bits per heavy atom. The number of allylic oxidation sites excluding steroid dienone is 1. The van der Waals surface area contributed by atoms with E-state index in [0.29, 0.717) is 0 Å². The van der Waals surface area contributed by atoms with Crippen molar-refractivity contribution in [3.8, 4) is 0 Å². The minimum absolute atomic E-state index is 0.235.